The molecule has 4 rings (SSSR count). The lowest BCUT2D eigenvalue weighted by molar-refractivity contribution is 1.24. The average molecular weight is 253 g/mol. The van der Waals surface area contributed by atoms with Crippen LogP contribution in [0.4, 0.5) is 0 Å². The van der Waals surface area contributed by atoms with Gasteiger partial charge in [-0.25, -0.2) is 9.97 Å². The number of H-pyrrole nitrogens is 1. The third-order valence-corrected chi connectivity index (χ3v) is 4.07. The lowest BCUT2D eigenvalue weighted by Crippen LogP contribution is -2.04. The number of aromatic nitrogens is 3. The molecule has 0 unspecified atom stereocenters. The molecule has 0 radical (unpaired) electrons. The first-order valence-electron chi connectivity index (χ1n) is 5.48. The molecule has 3 heterocycles. The Morgan fingerprint density at radius 2 is 1.94 bits per heavy atom. The Morgan fingerprint density at radius 1 is 1.11 bits per heavy atom. The van der Waals surface area contributed by atoms with Crippen molar-refractivity contribution in [3.63, 3.8) is 0 Å². The molecule has 0 atom stereocenters. The third kappa shape index (κ3) is 1.16. The lowest BCUT2D eigenvalue weighted by atomic mass is 10.1. The van der Waals surface area contributed by atoms with Crippen molar-refractivity contribution in [1.29, 1.82) is 0 Å². The van der Waals surface area contributed by atoms with E-state index < -0.39 is 0 Å². The topological polar surface area (TPSA) is 58.6 Å². The predicted molar refractivity (Wildman–Crippen MR) is 73.0 cm³/mol. The van der Waals surface area contributed by atoms with E-state index in [1.165, 1.54) is 17.7 Å². The molecule has 0 aliphatic rings. The smallest absolute Gasteiger partial charge is 0.256 e. The minimum atomic E-state index is -0.0578. The van der Waals surface area contributed by atoms with Crippen LogP contribution in [0.5, 0.6) is 0 Å². The monoisotopic (exact) mass is 253 g/mol. The Bertz CT molecular complexity index is 955. The first-order chi connectivity index (χ1) is 8.84. The molecule has 1 N–H and O–H groups in total. The molecule has 0 saturated heterocycles. The van der Waals surface area contributed by atoms with E-state index in [1.807, 2.05) is 24.3 Å². The molecule has 3 aromatic heterocycles. The Balaban J connectivity index is 2.43. The van der Waals surface area contributed by atoms with Gasteiger partial charge in [0.2, 0.25) is 0 Å². The summed E-state index contributed by atoms with van der Waals surface area (Å²) in [5.74, 6) is 0. The van der Waals surface area contributed by atoms with E-state index in [4.69, 9.17) is 0 Å². The van der Waals surface area contributed by atoms with Gasteiger partial charge < -0.3 is 4.98 Å². The van der Waals surface area contributed by atoms with Crippen LogP contribution in [0.25, 0.3) is 31.2 Å². The molecular weight excluding hydrogens is 246 g/mol. The van der Waals surface area contributed by atoms with Crippen LogP contribution in [-0.4, -0.2) is 15.0 Å². The highest BCUT2D eigenvalue weighted by molar-refractivity contribution is 7.25. The quantitative estimate of drug-likeness (QED) is 0.524. The Morgan fingerprint density at radius 3 is 2.83 bits per heavy atom. The molecule has 0 aliphatic carbocycles. The van der Waals surface area contributed by atoms with Crippen molar-refractivity contribution < 1.29 is 0 Å². The van der Waals surface area contributed by atoms with Gasteiger partial charge in [0.25, 0.3) is 5.56 Å². The first kappa shape index (κ1) is 9.73. The lowest BCUT2D eigenvalue weighted by Gasteiger charge is -1.98. The van der Waals surface area contributed by atoms with Crippen LogP contribution in [0.3, 0.4) is 0 Å². The number of nitrogens with zero attached hydrogens (tertiary/aromatic N) is 2. The van der Waals surface area contributed by atoms with Crippen LogP contribution < -0.4 is 5.56 Å². The van der Waals surface area contributed by atoms with Crippen molar-refractivity contribution >= 4 is 42.5 Å². The molecule has 4 nitrogen and oxygen atoms in total. The zero-order valence-corrected chi connectivity index (χ0v) is 9.99. The third-order valence-electron chi connectivity index (χ3n) is 3.04. The van der Waals surface area contributed by atoms with E-state index in [0.717, 1.165) is 25.8 Å². The van der Waals surface area contributed by atoms with Crippen molar-refractivity contribution in [2.75, 3.05) is 0 Å². The van der Waals surface area contributed by atoms with Crippen molar-refractivity contribution in [2.24, 2.45) is 0 Å². The fourth-order valence-corrected chi connectivity index (χ4v) is 3.29. The molecule has 18 heavy (non-hydrogen) atoms. The van der Waals surface area contributed by atoms with Gasteiger partial charge in [-0.2, -0.15) is 0 Å². The number of thiophene rings is 1. The van der Waals surface area contributed by atoms with E-state index in [-0.39, 0.29) is 5.56 Å². The summed E-state index contributed by atoms with van der Waals surface area (Å²) in [6, 6.07) is 7.61. The summed E-state index contributed by atoms with van der Waals surface area (Å²) in [4.78, 5) is 25.0. The SMILES string of the molecule is O=c1[nH]c2sc3ncncc3c2c2ccccc12. The molecule has 5 heteroatoms. The van der Waals surface area contributed by atoms with Crippen LogP contribution in [0.1, 0.15) is 0 Å². The second-order valence-electron chi connectivity index (χ2n) is 4.05. The molecule has 1 aromatic carbocycles. The van der Waals surface area contributed by atoms with Gasteiger partial charge in [-0.05, 0) is 11.5 Å². The Kier molecular flexibility index (Phi) is 1.82. The molecule has 0 spiro atoms. The summed E-state index contributed by atoms with van der Waals surface area (Å²) < 4.78 is 0. The van der Waals surface area contributed by atoms with Crippen LogP contribution in [0, 0.1) is 0 Å². The fraction of sp³-hybridized carbons (Fsp3) is 0. The van der Waals surface area contributed by atoms with E-state index in [0.29, 0.717) is 5.39 Å². The van der Waals surface area contributed by atoms with E-state index in [9.17, 15) is 4.79 Å². The fourth-order valence-electron chi connectivity index (χ4n) is 2.27. The first-order valence-corrected chi connectivity index (χ1v) is 6.29. The molecule has 0 aliphatic heterocycles. The van der Waals surface area contributed by atoms with Crippen molar-refractivity contribution in [1.82, 2.24) is 15.0 Å². The number of fused-ring (bicyclic) bond motifs is 5. The highest BCUT2D eigenvalue weighted by atomic mass is 32.1. The van der Waals surface area contributed by atoms with E-state index in [1.54, 1.807) is 6.20 Å². The maximum Gasteiger partial charge on any atom is 0.256 e. The number of aromatic amines is 1. The van der Waals surface area contributed by atoms with Crippen LogP contribution in [-0.2, 0) is 0 Å². The van der Waals surface area contributed by atoms with Gasteiger partial charge in [0.05, 0.1) is 0 Å². The second-order valence-corrected chi connectivity index (χ2v) is 5.05. The number of pyridine rings is 1. The second kappa shape index (κ2) is 3.36. The van der Waals surface area contributed by atoms with Crippen LogP contribution >= 0.6 is 11.3 Å². The molecule has 4 aromatic rings. The summed E-state index contributed by atoms with van der Waals surface area (Å²) in [7, 11) is 0. The molecule has 0 bridgehead atoms. The summed E-state index contributed by atoms with van der Waals surface area (Å²) in [5.41, 5.74) is -0.0578. The van der Waals surface area contributed by atoms with Gasteiger partial charge >= 0.3 is 0 Å². The Labute approximate surface area is 105 Å². The number of nitrogens with one attached hydrogen (secondary N) is 1. The minimum Gasteiger partial charge on any atom is -0.313 e. The minimum absolute atomic E-state index is 0.0578. The maximum absolute atomic E-state index is 12.0. The predicted octanol–water partition coefficient (Wildman–Crippen LogP) is 2.69. The summed E-state index contributed by atoms with van der Waals surface area (Å²) in [5, 5.41) is 3.68. The standard InChI is InChI=1S/C13H7N3OS/c17-11-8-4-2-1-3-7(8)10-9-5-14-6-15-12(9)18-13(10)16-11/h1-6H,(H,16,17). The van der Waals surface area contributed by atoms with Crippen molar-refractivity contribution in [3.8, 4) is 0 Å². The molecule has 0 amide bonds. The van der Waals surface area contributed by atoms with Crippen molar-refractivity contribution in [2.45, 2.75) is 0 Å². The van der Waals surface area contributed by atoms with Crippen LogP contribution in [0.15, 0.2) is 41.6 Å². The molecule has 0 saturated carbocycles. The summed E-state index contributed by atoms with van der Waals surface area (Å²) in [6.45, 7) is 0. The normalized spacial score (nSPS) is 11.6. The summed E-state index contributed by atoms with van der Waals surface area (Å²) >= 11 is 1.48. The molecular formula is C13H7N3OS. The highest BCUT2D eigenvalue weighted by Gasteiger charge is 2.11. The molecule has 86 valence electrons. The van der Waals surface area contributed by atoms with Gasteiger partial charge in [-0.3, -0.25) is 4.79 Å². The molecule has 0 fully saturated rings. The number of benzene rings is 1. The van der Waals surface area contributed by atoms with Gasteiger partial charge in [-0.1, -0.05) is 29.5 Å². The van der Waals surface area contributed by atoms with E-state index in [2.05, 4.69) is 15.0 Å². The average Bonchev–Trinajstić information content (AvgIpc) is 2.77. The van der Waals surface area contributed by atoms with Crippen molar-refractivity contribution in [3.05, 3.63) is 47.1 Å². The Hall–Kier alpha value is -2.27. The van der Waals surface area contributed by atoms with Gasteiger partial charge in [0, 0.05) is 22.4 Å². The largest absolute Gasteiger partial charge is 0.313 e. The van der Waals surface area contributed by atoms with E-state index >= 15 is 0 Å². The summed E-state index contributed by atoms with van der Waals surface area (Å²) in [6.07, 6.45) is 3.32. The van der Waals surface area contributed by atoms with Gasteiger partial charge in [0.15, 0.2) is 0 Å². The van der Waals surface area contributed by atoms with Gasteiger partial charge in [-0.15, -0.1) is 0 Å². The highest BCUT2D eigenvalue weighted by Crippen LogP contribution is 2.33. The number of hydrogen-bond acceptors (Lipinski definition) is 4. The number of rotatable bonds is 0. The van der Waals surface area contributed by atoms with Crippen LogP contribution in [0.2, 0.25) is 0 Å². The maximum atomic E-state index is 12.0. The van der Waals surface area contributed by atoms with Gasteiger partial charge in [0.1, 0.15) is 16.0 Å². The number of hydrogen-bond donors (Lipinski definition) is 1. The zero-order valence-electron chi connectivity index (χ0n) is 9.18. The zero-order chi connectivity index (χ0) is 12.1.